The summed E-state index contributed by atoms with van der Waals surface area (Å²) in [6.07, 6.45) is 7.64. The zero-order chi connectivity index (χ0) is 18.1. The van der Waals surface area contributed by atoms with Gasteiger partial charge in [0.1, 0.15) is 17.8 Å². The van der Waals surface area contributed by atoms with E-state index in [1.165, 1.54) is 11.9 Å². The highest BCUT2D eigenvalue weighted by Crippen LogP contribution is 2.42. The van der Waals surface area contributed by atoms with Crippen LogP contribution in [-0.2, 0) is 6.54 Å². The second kappa shape index (κ2) is 7.26. The third kappa shape index (κ3) is 3.06. The van der Waals surface area contributed by atoms with Crippen LogP contribution < -0.4 is 10.5 Å². The van der Waals surface area contributed by atoms with Crippen molar-refractivity contribution in [3.63, 3.8) is 0 Å². The Morgan fingerprint density at radius 2 is 2.19 bits per heavy atom. The first kappa shape index (κ1) is 17.3. The van der Waals surface area contributed by atoms with Crippen LogP contribution in [0.5, 0.6) is 0 Å². The maximum atomic E-state index is 9.33. The topological polar surface area (TPSA) is 89.0 Å². The third-order valence-electron chi connectivity index (χ3n) is 5.16. The van der Waals surface area contributed by atoms with Crippen molar-refractivity contribution in [1.29, 1.82) is 0 Å². The number of hydrogen-bond donors (Lipinski definition) is 3. The van der Waals surface area contributed by atoms with Crippen LogP contribution >= 0.6 is 11.9 Å². The van der Waals surface area contributed by atoms with Crippen LogP contribution in [0.25, 0.3) is 22.2 Å². The molecule has 136 valence electrons. The minimum atomic E-state index is 0.254. The molecule has 0 atom stereocenters. The zero-order valence-corrected chi connectivity index (χ0v) is 15.5. The van der Waals surface area contributed by atoms with Gasteiger partial charge in [-0.3, -0.25) is 4.72 Å². The monoisotopic (exact) mass is 369 g/mol. The molecule has 1 aliphatic rings. The van der Waals surface area contributed by atoms with Crippen molar-refractivity contribution in [1.82, 2.24) is 19.3 Å². The summed E-state index contributed by atoms with van der Waals surface area (Å²) in [6.45, 7) is 1.06. The Morgan fingerprint density at radius 3 is 2.96 bits per heavy atom. The summed E-state index contributed by atoms with van der Waals surface area (Å²) < 4.78 is 5.49. The summed E-state index contributed by atoms with van der Waals surface area (Å²) >= 11 is 1.61. The van der Waals surface area contributed by atoms with Gasteiger partial charge in [-0.15, -0.1) is 0 Å². The van der Waals surface area contributed by atoms with E-state index in [2.05, 4.69) is 49.7 Å². The number of nitrogens with one attached hydrogen (secondary N) is 1. The lowest BCUT2D eigenvalue weighted by atomic mass is 9.81. The molecule has 1 aliphatic carbocycles. The molecule has 4 rings (SSSR count). The molecule has 0 unspecified atom stereocenters. The number of nitrogens with two attached hydrogens (primary N) is 1. The van der Waals surface area contributed by atoms with Gasteiger partial charge < -0.3 is 15.4 Å². The number of anilines is 1. The van der Waals surface area contributed by atoms with Gasteiger partial charge in [0, 0.05) is 31.0 Å². The van der Waals surface area contributed by atoms with E-state index in [9.17, 15) is 5.11 Å². The van der Waals surface area contributed by atoms with Gasteiger partial charge in [-0.25, -0.2) is 9.97 Å². The van der Waals surface area contributed by atoms with E-state index < -0.39 is 0 Å². The SMILES string of the molecule is CSNCc1cccc(-c2cn([C@H]3C[C@@H](CO)C3)c3ncnc(N)c23)c1. The normalized spacial score (nSPS) is 19.6. The molecule has 2 heterocycles. The highest BCUT2D eigenvalue weighted by Gasteiger charge is 2.31. The zero-order valence-electron chi connectivity index (χ0n) is 14.7. The van der Waals surface area contributed by atoms with Gasteiger partial charge in [-0.05, 0) is 42.2 Å². The molecule has 26 heavy (non-hydrogen) atoms. The predicted molar refractivity (Wildman–Crippen MR) is 107 cm³/mol. The van der Waals surface area contributed by atoms with Crippen molar-refractivity contribution in [3.8, 4) is 11.1 Å². The van der Waals surface area contributed by atoms with Crippen LogP contribution in [0.1, 0.15) is 24.4 Å². The van der Waals surface area contributed by atoms with Crippen LogP contribution in [0.4, 0.5) is 5.82 Å². The lowest BCUT2D eigenvalue weighted by Gasteiger charge is -2.35. The van der Waals surface area contributed by atoms with Gasteiger partial charge >= 0.3 is 0 Å². The van der Waals surface area contributed by atoms with Crippen molar-refractivity contribution in [2.75, 3.05) is 18.6 Å². The number of aromatic nitrogens is 3. The smallest absolute Gasteiger partial charge is 0.146 e. The molecule has 7 heteroatoms. The Balaban J connectivity index is 1.78. The fourth-order valence-electron chi connectivity index (χ4n) is 3.69. The lowest BCUT2D eigenvalue weighted by Crippen LogP contribution is -2.28. The molecule has 2 aromatic heterocycles. The van der Waals surface area contributed by atoms with E-state index in [1.54, 1.807) is 11.9 Å². The molecule has 0 aliphatic heterocycles. The average Bonchev–Trinajstić information content (AvgIpc) is 3.00. The lowest BCUT2D eigenvalue weighted by molar-refractivity contribution is 0.114. The quantitative estimate of drug-likeness (QED) is 0.579. The molecule has 0 amide bonds. The molecule has 6 nitrogen and oxygen atoms in total. The number of hydrogen-bond acceptors (Lipinski definition) is 6. The van der Waals surface area contributed by atoms with Gasteiger partial charge in [0.2, 0.25) is 0 Å². The van der Waals surface area contributed by atoms with E-state index >= 15 is 0 Å². The van der Waals surface area contributed by atoms with E-state index in [4.69, 9.17) is 5.73 Å². The fraction of sp³-hybridized carbons (Fsp3) is 0.368. The number of benzene rings is 1. The first-order valence-electron chi connectivity index (χ1n) is 8.78. The van der Waals surface area contributed by atoms with Crippen molar-refractivity contribution in [2.45, 2.75) is 25.4 Å². The average molecular weight is 369 g/mol. The third-order valence-corrected chi connectivity index (χ3v) is 5.59. The molecule has 3 aromatic rings. The predicted octanol–water partition coefficient (Wildman–Crippen LogP) is 2.99. The van der Waals surface area contributed by atoms with Crippen molar-refractivity contribution >= 4 is 28.8 Å². The molecule has 4 N–H and O–H groups in total. The molecular formula is C19H23N5OS. The van der Waals surface area contributed by atoms with Crippen LogP contribution in [0, 0.1) is 5.92 Å². The Kier molecular flexibility index (Phi) is 4.84. The molecule has 0 radical (unpaired) electrons. The number of nitrogens with zero attached hydrogens (tertiary/aromatic N) is 3. The molecular weight excluding hydrogens is 346 g/mol. The summed E-state index contributed by atoms with van der Waals surface area (Å²) in [6, 6.07) is 8.83. The minimum Gasteiger partial charge on any atom is -0.396 e. The number of aliphatic hydroxyl groups is 1. The standard InChI is InChI=1S/C19H23N5OS/c1-26-23-8-12-3-2-4-14(5-12)16-9-24(15-6-13(7-15)10-25)19-17(16)18(20)21-11-22-19/h2-5,9,11,13,15,23,25H,6-8,10H2,1H3,(H2,20,21,22)/t13-,15+. The number of rotatable bonds is 6. The van der Waals surface area contributed by atoms with E-state index in [0.29, 0.717) is 17.8 Å². The van der Waals surface area contributed by atoms with Crippen LogP contribution in [0.2, 0.25) is 0 Å². The van der Waals surface area contributed by atoms with Gasteiger partial charge in [0.25, 0.3) is 0 Å². The van der Waals surface area contributed by atoms with Crippen molar-refractivity contribution in [2.24, 2.45) is 5.92 Å². The molecule has 0 saturated heterocycles. The van der Waals surface area contributed by atoms with E-state index in [0.717, 1.165) is 41.5 Å². The van der Waals surface area contributed by atoms with Crippen molar-refractivity contribution < 1.29 is 5.11 Å². The minimum absolute atomic E-state index is 0.254. The van der Waals surface area contributed by atoms with E-state index in [1.807, 2.05) is 6.26 Å². The van der Waals surface area contributed by atoms with Crippen LogP contribution in [0.3, 0.4) is 0 Å². The first-order valence-corrected chi connectivity index (χ1v) is 10.0. The summed E-state index contributed by atoms with van der Waals surface area (Å²) in [5, 5.41) is 10.2. The largest absolute Gasteiger partial charge is 0.396 e. The van der Waals surface area contributed by atoms with Crippen molar-refractivity contribution in [3.05, 3.63) is 42.4 Å². The molecule has 1 fully saturated rings. The van der Waals surface area contributed by atoms with Gasteiger partial charge in [-0.1, -0.05) is 30.1 Å². The van der Waals surface area contributed by atoms with Gasteiger partial charge in [0.15, 0.2) is 0 Å². The number of aliphatic hydroxyl groups excluding tert-OH is 1. The second-order valence-corrected chi connectivity index (χ2v) is 7.50. The highest BCUT2D eigenvalue weighted by atomic mass is 32.2. The summed E-state index contributed by atoms with van der Waals surface area (Å²) in [7, 11) is 0. The first-order chi connectivity index (χ1) is 12.7. The Morgan fingerprint density at radius 1 is 1.35 bits per heavy atom. The number of nitrogen functional groups attached to an aromatic ring is 1. The Hall–Kier alpha value is -2.09. The molecule has 0 bridgehead atoms. The maximum absolute atomic E-state index is 9.33. The van der Waals surface area contributed by atoms with Gasteiger partial charge in [0.05, 0.1) is 5.39 Å². The summed E-state index contributed by atoms with van der Waals surface area (Å²) in [5.74, 6) is 0.899. The van der Waals surface area contributed by atoms with Gasteiger partial charge in [-0.2, -0.15) is 0 Å². The Bertz CT molecular complexity index is 919. The fourth-order valence-corrected chi connectivity index (χ4v) is 4.00. The Labute approximate surface area is 157 Å². The molecule has 0 spiro atoms. The summed E-state index contributed by atoms with van der Waals surface area (Å²) in [4.78, 5) is 8.72. The van der Waals surface area contributed by atoms with E-state index in [-0.39, 0.29) is 6.61 Å². The highest BCUT2D eigenvalue weighted by molar-refractivity contribution is 7.96. The molecule has 1 aromatic carbocycles. The molecule has 1 saturated carbocycles. The van der Waals surface area contributed by atoms with Crippen LogP contribution in [0.15, 0.2) is 36.8 Å². The number of fused-ring (bicyclic) bond motifs is 1. The van der Waals surface area contributed by atoms with Crippen LogP contribution in [-0.4, -0.2) is 32.5 Å². The summed E-state index contributed by atoms with van der Waals surface area (Å²) in [5.41, 5.74) is 10.5. The maximum Gasteiger partial charge on any atom is 0.146 e. The second-order valence-electron chi connectivity index (χ2n) is 6.81.